The number of benzene rings is 2. The fraction of sp³-hybridized carbons (Fsp3) is 0.150. The summed E-state index contributed by atoms with van der Waals surface area (Å²) in [6.07, 6.45) is 0. The topological polar surface area (TPSA) is 94.8 Å². The molecule has 3 aromatic rings. The van der Waals surface area contributed by atoms with Gasteiger partial charge in [-0.3, -0.25) is 4.79 Å². The third-order valence-electron chi connectivity index (χ3n) is 3.84. The summed E-state index contributed by atoms with van der Waals surface area (Å²) in [7, 11) is 1.57. The molecular weight excluding hydrogens is 350 g/mol. The second-order valence-corrected chi connectivity index (χ2v) is 5.69. The van der Waals surface area contributed by atoms with Crippen LogP contribution in [0.25, 0.3) is 11.0 Å². The van der Waals surface area contributed by atoms with Crippen molar-refractivity contribution < 1.29 is 23.5 Å². The van der Waals surface area contributed by atoms with Crippen LogP contribution in [0.1, 0.15) is 15.9 Å². The first-order chi connectivity index (χ1) is 13.1. The average Bonchev–Trinajstić information content (AvgIpc) is 2.70. The van der Waals surface area contributed by atoms with Crippen LogP contribution in [-0.4, -0.2) is 25.6 Å². The van der Waals surface area contributed by atoms with E-state index in [1.165, 1.54) is 6.07 Å². The van der Waals surface area contributed by atoms with Crippen LogP contribution < -0.4 is 15.7 Å². The van der Waals surface area contributed by atoms with Gasteiger partial charge in [0.15, 0.2) is 6.61 Å². The summed E-state index contributed by atoms with van der Waals surface area (Å²) in [5.41, 5.74) is 0.177. The molecule has 0 atom stereocenters. The number of ether oxygens (including phenoxy) is 2. The van der Waals surface area contributed by atoms with Gasteiger partial charge in [0.1, 0.15) is 16.9 Å². The van der Waals surface area contributed by atoms with Crippen molar-refractivity contribution in [2.75, 3.05) is 13.7 Å². The van der Waals surface area contributed by atoms with Gasteiger partial charge in [-0.05, 0) is 29.8 Å². The number of carbonyl (C=O) groups is 2. The Morgan fingerprint density at radius 1 is 1.07 bits per heavy atom. The molecule has 1 amide bonds. The van der Waals surface area contributed by atoms with Crippen LogP contribution in [0.4, 0.5) is 0 Å². The van der Waals surface area contributed by atoms with Crippen molar-refractivity contribution in [3.8, 4) is 5.75 Å². The number of para-hydroxylation sites is 1. The monoisotopic (exact) mass is 367 g/mol. The Hall–Kier alpha value is -3.61. The molecule has 0 aliphatic heterocycles. The maximum Gasteiger partial charge on any atom is 0.351 e. The Morgan fingerprint density at radius 3 is 2.56 bits per heavy atom. The van der Waals surface area contributed by atoms with Crippen LogP contribution in [0, 0.1) is 0 Å². The molecule has 3 rings (SSSR count). The maximum atomic E-state index is 12.1. The van der Waals surface area contributed by atoms with Crippen LogP contribution in [0.15, 0.2) is 63.8 Å². The lowest BCUT2D eigenvalue weighted by atomic mass is 10.2. The van der Waals surface area contributed by atoms with E-state index in [0.717, 1.165) is 5.56 Å². The zero-order valence-corrected chi connectivity index (χ0v) is 14.6. The highest BCUT2D eigenvalue weighted by molar-refractivity contribution is 5.94. The normalized spacial score (nSPS) is 10.4. The zero-order chi connectivity index (χ0) is 19.2. The lowest BCUT2D eigenvalue weighted by Gasteiger charge is -2.07. The van der Waals surface area contributed by atoms with Gasteiger partial charge in [0, 0.05) is 11.9 Å². The molecule has 7 heteroatoms. The largest absolute Gasteiger partial charge is 0.497 e. The summed E-state index contributed by atoms with van der Waals surface area (Å²) in [4.78, 5) is 35.8. The number of esters is 1. The van der Waals surface area contributed by atoms with E-state index in [-0.39, 0.29) is 12.1 Å². The van der Waals surface area contributed by atoms with Crippen molar-refractivity contribution in [2.24, 2.45) is 0 Å². The Labute approximate surface area is 154 Å². The van der Waals surface area contributed by atoms with E-state index < -0.39 is 24.1 Å². The lowest BCUT2D eigenvalue weighted by molar-refractivity contribution is -0.124. The number of amides is 1. The van der Waals surface area contributed by atoms with Gasteiger partial charge in [0.25, 0.3) is 5.91 Å². The van der Waals surface area contributed by atoms with Crippen LogP contribution in [0.5, 0.6) is 5.75 Å². The molecule has 138 valence electrons. The van der Waals surface area contributed by atoms with Crippen molar-refractivity contribution in [3.63, 3.8) is 0 Å². The molecule has 1 aromatic heterocycles. The molecule has 0 aliphatic carbocycles. The molecular formula is C20H17NO6. The van der Waals surface area contributed by atoms with Crippen LogP contribution in [0.2, 0.25) is 0 Å². The highest BCUT2D eigenvalue weighted by Crippen LogP contribution is 2.13. The molecule has 1 heterocycles. The van der Waals surface area contributed by atoms with E-state index in [0.29, 0.717) is 16.7 Å². The van der Waals surface area contributed by atoms with Gasteiger partial charge in [0.05, 0.1) is 7.11 Å². The van der Waals surface area contributed by atoms with Gasteiger partial charge >= 0.3 is 11.6 Å². The Kier molecular flexibility index (Phi) is 5.51. The highest BCUT2D eigenvalue weighted by atomic mass is 16.5. The lowest BCUT2D eigenvalue weighted by Crippen LogP contribution is -2.29. The van der Waals surface area contributed by atoms with Crippen LogP contribution >= 0.6 is 0 Å². The van der Waals surface area contributed by atoms with E-state index in [4.69, 9.17) is 13.9 Å². The Balaban J connectivity index is 1.56. The predicted molar refractivity (Wildman–Crippen MR) is 97.6 cm³/mol. The quantitative estimate of drug-likeness (QED) is 0.530. The van der Waals surface area contributed by atoms with E-state index in [1.54, 1.807) is 43.5 Å². The van der Waals surface area contributed by atoms with Gasteiger partial charge in [-0.25, -0.2) is 9.59 Å². The molecule has 27 heavy (non-hydrogen) atoms. The van der Waals surface area contributed by atoms with Crippen LogP contribution in [-0.2, 0) is 16.1 Å². The summed E-state index contributed by atoms with van der Waals surface area (Å²) in [6.45, 7) is -0.222. The molecule has 0 bridgehead atoms. The van der Waals surface area contributed by atoms with Gasteiger partial charge < -0.3 is 19.2 Å². The summed E-state index contributed by atoms with van der Waals surface area (Å²) in [5.74, 6) is -0.674. The Bertz CT molecular complexity index is 1020. The van der Waals surface area contributed by atoms with E-state index >= 15 is 0 Å². The van der Waals surface area contributed by atoms with Gasteiger partial charge in [0.2, 0.25) is 0 Å². The Morgan fingerprint density at radius 2 is 1.81 bits per heavy atom. The zero-order valence-electron chi connectivity index (χ0n) is 14.6. The first-order valence-electron chi connectivity index (χ1n) is 8.16. The van der Waals surface area contributed by atoms with E-state index in [2.05, 4.69) is 5.32 Å². The van der Waals surface area contributed by atoms with Crippen LogP contribution in [0.3, 0.4) is 0 Å². The number of methoxy groups -OCH3 is 1. The van der Waals surface area contributed by atoms with Crippen molar-refractivity contribution in [2.45, 2.75) is 6.54 Å². The number of nitrogens with one attached hydrogen (secondary N) is 1. The molecule has 0 saturated carbocycles. The minimum absolute atomic E-state index is 0.253. The van der Waals surface area contributed by atoms with Gasteiger partial charge in [-0.15, -0.1) is 0 Å². The summed E-state index contributed by atoms with van der Waals surface area (Å²) in [6, 6.07) is 15.4. The molecule has 7 nitrogen and oxygen atoms in total. The third-order valence-corrected chi connectivity index (χ3v) is 3.84. The predicted octanol–water partition coefficient (Wildman–Crippen LogP) is 2.27. The van der Waals surface area contributed by atoms with E-state index in [9.17, 15) is 14.4 Å². The van der Waals surface area contributed by atoms with Gasteiger partial charge in [-0.2, -0.15) is 0 Å². The van der Waals surface area contributed by atoms with Crippen molar-refractivity contribution >= 4 is 22.8 Å². The minimum Gasteiger partial charge on any atom is -0.497 e. The maximum absolute atomic E-state index is 12.1. The molecule has 0 radical (unpaired) electrons. The summed E-state index contributed by atoms with van der Waals surface area (Å²) in [5, 5.41) is 3.22. The molecule has 0 fully saturated rings. The first-order valence-corrected chi connectivity index (χ1v) is 8.16. The molecule has 2 aromatic carbocycles. The number of hydrogen-bond donors (Lipinski definition) is 1. The molecule has 0 spiro atoms. The first kappa shape index (κ1) is 18.2. The highest BCUT2D eigenvalue weighted by Gasteiger charge is 2.16. The van der Waals surface area contributed by atoms with Crippen molar-refractivity contribution in [3.05, 3.63) is 76.1 Å². The average molecular weight is 367 g/mol. The fourth-order valence-corrected chi connectivity index (χ4v) is 2.41. The fourth-order valence-electron chi connectivity index (χ4n) is 2.41. The second-order valence-electron chi connectivity index (χ2n) is 5.69. The standard InChI is InChI=1S/C20H17NO6/c1-25-15-8-6-13(7-9-15)11-21-18(22)12-26-19(23)16-10-14-4-2-3-5-17(14)27-20(16)24/h2-10H,11-12H2,1H3,(H,21,22). The van der Waals surface area contributed by atoms with E-state index in [1.807, 2.05) is 12.1 Å². The number of carbonyl (C=O) groups excluding carboxylic acids is 2. The summed E-state index contributed by atoms with van der Waals surface area (Å²) < 4.78 is 15.1. The molecule has 1 N–H and O–H groups in total. The minimum atomic E-state index is -0.908. The number of rotatable bonds is 6. The number of fused-ring (bicyclic) bond motifs is 1. The third kappa shape index (κ3) is 4.52. The van der Waals surface area contributed by atoms with Crippen molar-refractivity contribution in [1.29, 1.82) is 0 Å². The molecule has 0 aliphatic rings. The van der Waals surface area contributed by atoms with Crippen molar-refractivity contribution in [1.82, 2.24) is 5.32 Å². The SMILES string of the molecule is COc1ccc(CNC(=O)COC(=O)c2cc3ccccc3oc2=O)cc1. The summed E-state index contributed by atoms with van der Waals surface area (Å²) >= 11 is 0. The smallest absolute Gasteiger partial charge is 0.351 e. The molecule has 0 unspecified atom stereocenters. The van der Waals surface area contributed by atoms with Gasteiger partial charge in [-0.1, -0.05) is 30.3 Å². The molecule has 0 saturated heterocycles. The number of hydrogen-bond acceptors (Lipinski definition) is 6. The second kappa shape index (κ2) is 8.18.